The summed E-state index contributed by atoms with van der Waals surface area (Å²) in [5.41, 5.74) is 4.89. The van der Waals surface area contributed by atoms with Gasteiger partial charge in [-0.1, -0.05) is 29.3 Å². The second-order valence-electron chi connectivity index (χ2n) is 4.80. The summed E-state index contributed by atoms with van der Waals surface area (Å²) in [6.07, 6.45) is 0.995. The Kier molecular flexibility index (Phi) is 1.93. The van der Waals surface area contributed by atoms with Gasteiger partial charge < -0.3 is 4.90 Å². The molecule has 0 aromatic heterocycles. The van der Waals surface area contributed by atoms with Crippen molar-refractivity contribution in [3.63, 3.8) is 0 Å². The molecule has 2 nitrogen and oxygen atoms in total. The van der Waals surface area contributed by atoms with Gasteiger partial charge in [0.1, 0.15) is 0 Å². The summed E-state index contributed by atoms with van der Waals surface area (Å²) in [6, 6.07) is 8.29. The molecule has 82 valence electrons. The van der Waals surface area contributed by atoms with E-state index in [1.54, 1.807) is 0 Å². The third kappa shape index (κ3) is 1.16. The number of carbonyl (C=O) groups is 1. The Morgan fingerprint density at radius 3 is 2.75 bits per heavy atom. The molecule has 0 fully saturated rings. The first-order chi connectivity index (χ1) is 7.68. The molecule has 0 spiro atoms. The lowest BCUT2D eigenvalue weighted by molar-refractivity contribution is 0.0730. The molecular weight excluding hydrogens is 198 g/mol. The average molecular weight is 213 g/mol. The molecule has 2 aliphatic heterocycles. The van der Waals surface area contributed by atoms with Gasteiger partial charge in [-0.2, -0.15) is 0 Å². The van der Waals surface area contributed by atoms with Gasteiger partial charge in [0.15, 0.2) is 0 Å². The molecule has 0 saturated heterocycles. The first-order valence-corrected chi connectivity index (χ1v) is 5.73. The zero-order valence-corrected chi connectivity index (χ0v) is 9.66. The van der Waals surface area contributed by atoms with Crippen molar-refractivity contribution in [3.8, 4) is 0 Å². The van der Waals surface area contributed by atoms with Crippen LogP contribution in [-0.2, 0) is 0 Å². The molecule has 1 unspecified atom stereocenters. The second-order valence-corrected chi connectivity index (χ2v) is 4.80. The lowest BCUT2D eigenvalue weighted by atomic mass is 9.93. The molecule has 2 heterocycles. The van der Waals surface area contributed by atoms with Crippen LogP contribution < -0.4 is 0 Å². The summed E-state index contributed by atoms with van der Waals surface area (Å²) < 4.78 is 0. The molecule has 1 atom stereocenters. The number of rotatable bonds is 0. The highest BCUT2D eigenvalue weighted by Gasteiger charge is 2.38. The van der Waals surface area contributed by atoms with Crippen molar-refractivity contribution in [2.45, 2.75) is 26.3 Å². The third-order valence-corrected chi connectivity index (χ3v) is 3.82. The summed E-state index contributed by atoms with van der Waals surface area (Å²) in [6.45, 7) is 5.10. The standard InChI is InChI=1S/C14H15NO/c1-9-7-13-11-5-3-4-6-12(11)14(16)15(13)8-10(9)2/h3-6,13H,7-8H2,1-2H3. The lowest BCUT2D eigenvalue weighted by Gasteiger charge is -2.31. The largest absolute Gasteiger partial charge is 0.327 e. The molecule has 0 N–H and O–H groups in total. The monoisotopic (exact) mass is 213 g/mol. The molecule has 2 aliphatic rings. The fourth-order valence-electron chi connectivity index (χ4n) is 2.70. The van der Waals surface area contributed by atoms with E-state index in [0.717, 1.165) is 18.5 Å². The van der Waals surface area contributed by atoms with Gasteiger partial charge in [-0.25, -0.2) is 0 Å². The highest BCUT2D eigenvalue weighted by Crippen LogP contribution is 2.41. The maximum atomic E-state index is 12.2. The van der Waals surface area contributed by atoms with Gasteiger partial charge in [-0.05, 0) is 31.9 Å². The molecule has 16 heavy (non-hydrogen) atoms. The van der Waals surface area contributed by atoms with Gasteiger partial charge in [0, 0.05) is 12.1 Å². The van der Waals surface area contributed by atoms with Crippen LogP contribution in [0.3, 0.4) is 0 Å². The molecular formula is C14H15NO. The Morgan fingerprint density at radius 2 is 1.94 bits per heavy atom. The van der Waals surface area contributed by atoms with E-state index in [0.29, 0.717) is 0 Å². The van der Waals surface area contributed by atoms with Crippen LogP contribution in [0.4, 0.5) is 0 Å². The van der Waals surface area contributed by atoms with E-state index in [1.165, 1.54) is 16.7 Å². The smallest absolute Gasteiger partial charge is 0.255 e. The van der Waals surface area contributed by atoms with Crippen LogP contribution in [0.1, 0.15) is 42.2 Å². The first-order valence-electron chi connectivity index (χ1n) is 5.73. The second kappa shape index (κ2) is 3.21. The number of hydrogen-bond acceptors (Lipinski definition) is 1. The summed E-state index contributed by atoms with van der Waals surface area (Å²) >= 11 is 0. The minimum atomic E-state index is 0.201. The molecule has 2 heteroatoms. The van der Waals surface area contributed by atoms with Crippen molar-refractivity contribution >= 4 is 5.91 Å². The van der Waals surface area contributed by atoms with E-state index < -0.39 is 0 Å². The molecule has 3 rings (SSSR count). The van der Waals surface area contributed by atoms with Crippen molar-refractivity contribution in [2.75, 3.05) is 6.54 Å². The van der Waals surface area contributed by atoms with E-state index in [1.807, 2.05) is 23.1 Å². The van der Waals surface area contributed by atoms with E-state index in [4.69, 9.17) is 0 Å². The molecule has 1 amide bonds. The number of hydrogen-bond donors (Lipinski definition) is 0. The SMILES string of the molecule is CC1=C(C)CN2C(=O)c3ccccc3C2C1. The average Bonchev–Trinajstić information content (AvgIpc) is 2.55. The molecule has 0 aliphatic carbocycles. The maximum Gasteiger partial charge on any atom is 0.255 e. The molecule has 1 aromatic rings. The molecule has 0 radical (unpaired) electrons. The van der Waals surface area contributed by atoms with Crippen LogP contribution in [0.5, 0.6) is 0 Å². The number of amides is 1. The number of benzene rings is 1. The van der Waals surface area contributed by atoms with Crippen molar-refractivity contribution < 1.29 is 4.79 Å². The Morgan fingerprint density at radius 1 is 1.19 bits per heavy atom. The van der Waals surface area contributed by atoms with Crippen LogP contribution in [-0.4, -0.2) is 17.4 Å². The van der Waals surface area contributed by atoms with Crippen LogP contribution >= 0.6 is 0 Å². The quantitative estimate of drug-likeness (QED) is 0.607. The summed E-state index contributed by atoms with van der Waals surface area (Å²) in [5.74, 6) is 0.201. The minimum Gasteiger partial charge on any atom is -0.327 e. The van der Waals surface area contributed by atoms with Crippen LogP contribution in [0.25, 0.3) is 0 Å². The van der Waals surface area contributed by atoms with Gasteiger partial charge in [0.2, 0.25) is 0 Å². The number of nitrogens with zero attached hydrogens (tertiary/aromatic N) is 1. The fraction of sp³-hybridized carbons (Fsp3) is 0.357. The minimum absolute atomic E-state index is 0.201. The summed E-state index contributed by atoms with van der Waals surface area (Å²) in [4.78, 5) is 14.2. The Bertz CT molecular complexity index is 501. The summed E-state index contributed by atoms with van der Waals surface area (Å²) in [7, 11) is 0. The fourth-order valence-corrected chi connectivity index (χ4v) is 2.70. The maximum absolute atomic E-state index is 12.2. The van der Waals surface area contributed by atoms with Gasteiger partial charge in [-0.3, -0.25) is 4.79 Å². The van der Waals surface area contributed by atoms with Crippen LogP contribution in [0.15, 0.2) is 35.4 Å². The third-order valence-electron chi connectivity index (χ3n) is 3.82. The van der Waals surface area contributed by atoms with Gasteiger partial charge >= 0.3 is 0 Å². The normalized spacial score (nSPS) is 23.5. The van der Waals surface area contributed by atoms with E-state index in [9.17, 15) is 4.79 Å². The zero-order chi connectivity index (χ0) is 11.3. The molecule has 0 saturated carbocycles. The highest BCUT2D eigenvalue weighted by molar-refractivity contribution is 5.99. The Labute approximate surface area is 95.6 Å². The van der Waals surface area contributed by atoms with Crippen molar-refractivity contribution in [3.05, 3.63) is 46.5 Å². The van der Waals surface area contributed by atoms with E-state index >= 15 is 0 Å². The van der Waals surface area contributed by atoms with Crippen LogP contribution in [0.2, 0.25) is 0 Å². The molecule has 0 bridgehead atoms. The zero-order valence-electron chi connectivity index (χ0n) is 9.66. The van der Waals surface area contributed by atoms with Crippen molar-refractivity contribution in [1.82, 2.24) is 4.90 Å². The van der Waals surface area contributed by atoms with Gasteiger partial charge in [-0.15, -0.1) is 0 Å². The molecule has 1 aromatic carbocycles. The van der Waals surface area contributed by atoms with Crippen molar-refractivity contribution in [2.24, 2.45) is 0 Å². The lowest BCUT2D eigenvalue weighted by Crippen LogP contribution is -2.33. The van der Waals surface area contributed by atoms with Gasteiger partial charge in [0.05, 0.1) is 6.04 Å². The Balaban J connectivity index is 2.10. The predicted molar refractivity (Wildman–Crippen MR) is 63.2 cm³/mol. The van der Waals surface area contributed by atoms with Crippen LogP contribution in [0, 0.1) is 0 Å². The predicted octanol–water partition coefficient (Wildman–Crippen LogP) is 2.92. The van der Waals surface area contributed by atoms with Crippen molar-refractivity contribution in [1.29, 1.82) is 0 Å². The Hall–Kier alpha value is -1.57. The van der Waals surface area contributed by atoms with Gasteiger partial charge in [0.25, 0.3) is 5.91 Å². The van der Waals surface area contributed by atoms with E-state index in [-0.39, 0.29) is 11.9 Å². The van der Waals surface area contributed by atoms with E-state index in [2.05, 4.69) is 19.9 Å². The highest BCUT2D eigenvalue weighted by atomic mass is 16.2. The number of carbonyl (C=O) groups excluding carboxylic acids is 1. The number of fused-ring (bicyclic) bond motifs is 3. The topological polar surface area (TPSA) is 20.3 Å². The first kappa shape index (κ1) is 9.64. The summed E-state index contributed by atoms with van der Waals surface area (Å²) in [5, 5.41) is 0.